The van der Waals surface area contributed by atoms with E-state index in [0.717, 1.165) is 6.07 Å². The predicted octanol–water partition coefficient (Wildman–Crippen LogP) is 2.49. The van der Waals surface area contributed by atoms with Crippen LogP contribution < -0.4 is 15.2 Å². The molecule has 7 nitrogen and oxygen atoms in total. The number of nitrogens with two attached hydrogens (primary N) is 1. The van der Waals surface area contributed by atoms with Crippen molar-refractivity contribution in [2.24, 2.45) is 5.73 Å². The molecule has 1 atom stereocenters. The fourth-order valence-corrected chi connectivity index (χ4v) is 2.79. The number of nitrogens with zero attached hydrogens (tertiary/aromatic N) is 1. The van der Waals surface area contributed by atoms with Crippen LogP contribution in [0, 0.1) is 17.1 Å². The molecular formula is C18H19FN2O5. The second-order valence-corrected chi connectivity index (χ2v) is 5.35. The van der Waals surface area contributed by atoms with Gasteiger partial charge in [0.25, 0.3) is 0 Å². The SMILES string of the molecule is CCOC(=O)C1=C(C)OC(N)=C(C#N)C1c1cc(F)c(OC)c(OC)c1. The van der Waals surface area contributed by atoms with E-state index in [-0.39, 0.29) is 46.5 Å². The lowest BCUT2D eigenvalue weighted by Gasteiger charge is -2.27. The van der Waals surface area contributed by atoms with E-state index < -0.39 is 17.7 Å². The van der Waals surface area contributed by atoms with E-state index in [9.17, 15) is 14.4 Å². The summed E-state index contributed by atoms with van der Waals surface area (Å²) >= 11 is 0. The van der Waals surface area contributed by atoms with Gasteiger partial charge >= 0.3 is 5.97 Å². The molecule has 1 aliphatic heterocycles. The minimum absolute atomic E-state index is 0.0229. The van der Waals surface area contributed by atoms with Gasteiger partial charge in [-0.25, -0.2) is 9.18 Å². The third-order valence-corrected chi connectivity index (χ3v) is 3.89. The van der Waals surface area contributed by atoms with Gasteiger partial charge in [0.15, 0.2) is 17.3 Å². The molecule has 2 N–H and O–H groups in total. The first-order chi connectivity index (χ1) is 12.4. The molecule has 0 saturated carbocycles. The van der Waals surface area contributed by atoms with Crippen LogP contribution in [0.3, 0.4) is 0 Å². The maximum atomic E-state index is 14.5. The largest absolute Gasteiger partial charge is 0.493 e. The standard InChI is InChI=1S/C18H19FN2O5/c1-5-25-18(22)14-9(2)26-17(21)11(8-20)15(14)10-6-12(19)16(24-4)13(7-10)23-3/h6-7,15H,5,21H2,1-4H3. The van der Waals surface area contributed by atoms with E-state index >= 15 is 0 Å². The summed E-state index contributed by atoms with van der Waals surface area (Å²) in [5, 5.41) is 9.51. The molecular weight excluding hydrogens is 343 g/mol. The smallest absolute Gasteiger partial charge is 0.338 e. The number of allylic oxidation sites excluding steroid dienone is 2. The van der Waals surface area contributed by atoms with Gasteiger partial charge in [-0.05, 0) is 31.5 Å². The Morgan fingerprint density at radius 3 is 2.62 bits per heavy atom. The number of hydrogen-bond donors (Lipinski definition) is 1. The summed E-state index contributed by atoms with van der Waals surface area (Å²) in [4.78, 5) is 12.4. The molecule has 0 radical (unpaired) electrons. The highest BCUT2D eigenvalue weighted by Crippen LogP contribution is 2.43. The van der Waals surface area contributed by atoms with Gasteiger partial charge < -0.3 is 24.7 Å². The number of nitriles is 1. The van der Waals surface area contributed by atoms with Crippen molar-refractivity contribution in [1.82, 2.24) is 0 Å². The number of benzene rings is 1. The molecule has 8 heteroatoms. The Morgan fingerprint density at radius 2 is 2.08 bits per heavy atom. The van der Waals surface area contributed by atoms with Gasteiger partial charge in [-0.3, -0.25) is 0 Å². The zero-order valence-corrected chi connectivity index (χ0v) is 14.9. The van der Waals surface area contributed by atoms with E-state index in [0.29, 0.717) is 0 Å². The van der Waals surface area contributed by atoms with Gasteiger partial charge in [-0.2, -0.15) is 5.26 Å². The Labute approximate surface area is 150 Å². The molecule has 0 amide bonds. The van der Waals surface area contributed by atoms with Crippen LogP contribution in [-0.2, 0) is 14.3 Å². The number of halogens is 1. The highest BCUT2D eigenvalue weighted by atomic mass is 19.1. The number of hydrogen-bond acceptors (Lipinski definition) is 7. The quantitative estimate of drug-likeness (QED) is 0.803. The number of ether oxygens (including phenoxy) is 4. The van der Waals surface area contributed by atoms with Crippen molar-refractivity contribution in [3.8, 4) is 17.6 Å². The van der Waals surface area contributed by atoms with Gasteiger partial charge in [-0.1, -0.05) is 0 Å². The first-order valence-corrected chi connectivity index (χ1v) is 7.76. The zero-order valence-electron chi connectivity index (χ0n) is 14.9. The molecule has 0 bridgehead atoms. The molecule has 26 heavy (non-hydrogen) atoms. The molecule has 1 unspecified atom stereocenters. The van der Waals surface area contributed by atoms with E-state index in [4.69, 9.17) is 24.7 Å². The second-order valence-electron chi connectivity index (χ2n) is 5.35. The van der Waals surface area contributed by atoms with Gasteiger partial charge in [0, 0.05) is 0 Å². The van der Waals surface area contributed by atoms with Crippen LogP contribution in [0.2, 0.25) is 0 Å². The van der Waals surface area contributed by atoms with E-state index in [1.165, 1.54) is 27.2 Å². The Morgan fingerprint density at radius 1 is 1.38 bits per heavy atom. The van der Waals surface area contributed by atoms with Crippen molar-refractivity contribution in [2.45, 2.75) is 19.8 Å². The molecule has 1 aromatic carbocycles. The summed E-state index contributed by atoms with van der Waals surface area (Å²) in [7, 11) is 2.66. The van der Waals surface area contributed by atoms with Crippen molar-refractivity contribution in [2.75, 3.05) is 20.8 Å². The number of esters is 1. The number of carbonyl (C=O) groups excluding carboxylic acids is 1. The summed E-state index contributed by atoms with van der Waals surface area (Å²) in [5.41, 5.74) is 6.14. The summed E-state index contributed by atoms with van der Waals surface area (Å²) in [6.45, 7) is 3.30. The van der Waals surface area contributed by atoms with Crippen LogP contribution in [-0.4, -0.2) is 26.8 Å². The molecule has 2 rings (SSSR count). The first-order valence-electron chi connectivity index (χ1n) is 7.76. The van der Waals surface area contributed by atoms with E-state index in [1.807, 2.05) is 6.07 Å². The maximum Gasteiger partial charge on any atom is 0.338 e. The van der Waals surface area contributed by atoms with Crippen LogP contribution >= 0.6 is 0 Å². The summed E-state index contributed by atoms with van der Waals surface area (Å²) < 4.78 is 35.0. The van der Waals surface area contributed by atoms with Crippen molar-refractivity contribution in [3.05, 3.63) is 46.3 Å². The Bertz CT molecular complexity index is 839. The van der Waals surface area contributed by atoms with Crippen LogP contribution in [0.4, 0.5) is 4.39 Å². The van der Waals surface area contributed by atoms with Crippen molar-refractivity contribution in [1.29, 1.82) is 5.26 Å². The average molecular weight is 362 g/mol. The van der Waals surface area contributed by atoms with Gasteiger partial charge in [-0.15, -0.1) is 0 Å². The summed E-state index contributed by atoms with van der Waals surface area (Å²) in [5.74, 6) is -2.28. The lowest BCUT2D eigenvalue weighted by Crippen LogP contribution is -2.25. The van der Waals surface area contributed by atoms with Gasteiger partial charge in [0.1, 0.15) is 17.4 Å². The predicted molar refractivity (Wildman–Crippen MR) is 89.5 cm³/mol. The lowest BCUT2D eigenvalue weighted by atomic mass is 9.83. The van der Waals surface area contributed by atoms with E-state index in [2.05, 4.69) is 0 Å². The number of rotatable bonds is 5. The van der Waals surface area contributed by atoms with Crippen LogP contribution in [0.1, 0.15) is 25.3 Å². The first kappa shape index (κ1) is 19.1. The van der Waals surface area contributed by atoms with Crippen LogP contribution in [0.25, 0.3) is 0 Å². The molecule has 1 heterocycles. The fraction of sp³-hybridized carbons (Fsp3) is 0.333. The summed E-state index contributed by atoms with van der Waals surface area (Å²) in [6, 6.07) is 4.57. The topological polar surface area (TPSA) is 104 Å². The van der Waals surface area contributed by atoms with E-state index in [1.54, 1.807) is 6.92 Å². The van der Waals surface area contributed by atoms with Crippen molar-refractivity contribution >= 4 is 5.97 Å². The van der Waals surface area contributed by atoms with Crippen molar-refractivity contribution in [3.63, 3.8) is 0 Å². The molecule has 0 fully saturated rings. The molecule has 1 aliphatic rings. The Kier molecular flexibility index (Phi) is 5.72. The Hall–Kier alpha value is -3.21. The zero-order chi connectivity index (χ0) is 19.4. The third kappa shape index (κ3) is 3.28. The minimum atomic E-state index is -0.956. The second kappa shape index (κ2) is 7.78. The molecule has 0 saturated heterocycles. The fourth-order valence-electron chi connectivity index (χ4n) is 2.79. The van der Waals surface area contributed by atoms with Gasteiger partial charge in [0.2, 0.25) is 5.88 Å². The maximum absolute atomic E-state index is 14.5. The molecule has 0 aromatic heterocycles. The third-order valence-electron chi connectivity index (χ3n) is 3.89. The highest BCUT2D eigenvalue weighted by Gasteiger charge is 2.37. The molecule has 1 aromatic rings. The minimum Gasteiger partial charge on any atom is -0.493 e. The highest BCUT2D eigenvalue weighted by molar-refractivity contribution is 5.92. The van der Waals surface area contributed by atoms with Crippen LogP contribution in [0.15, 0.2) is 34.9 Å². The Balaban J connectivity index is 2.72. The van der Waals surface area contributed by atoms with Crippen LogP contribution in [0.5, 0.6) is 11.5 Å². The van der Waals surface area contributed by atoms with Gasteiger partial charge in [0.05, 0.1) is 32.3 Å². The monoisotopic (exact) mass is 362 g/mol. The normalized spacial score (nSPS) is 16.7. The average Bonchev–Trinajstić information content (AvgIpc) is 2.60. The molecule has 0 aliphatic carbocycles. The number of carbonyl (C=O) groups is 1. The number of methoxy groups -OCH3 is 2. The molecule has 138 valence electrons. The lowest BCUT2D eigenvalue weighted by molar-refractivity contribution is -0.139. The van der Waals surface area contributed by atoms with Crippen molar-refractivity contribution < 1.29 is 28.1 Å². The molecule has 0 spiro atoms. The summed E-state index contributed by atoms with van der Waals surface area (Å²) in [6.07, 6.45) is 0.